The zero-order chi connectivity index (χ0) is 12.3. The summed E-state index contributed by atoms with van der Waals surface area (Å²) in [5.74, 6) is -0.980. The van der Waals surface area contributed by atoms with Crippen LogP contribution in [0.25, 0.3) is 0 Å². The predicted molar refractivity (Wildman–Crippen MR) is 45.4 cm³/mol. The van der Waals surface area contributed by atoms with Crippen molar-refractivity contribution in [3.05, 3.63) is 34.6 Å². The van der Waals surface area contributed by atoms with Gasteiger partial charge in [-0.15, -0.1) is 0 Å². The van der Waals surface area contributed by atoms with Crippen molar-refractivity contribution in [2.75, 3.05) is 0 Å². The van der Waals surface area contributed by atoms with Gasteiger partial charge in [-0.2, -0.15) is 23.7 Å². The van der Waals surface area contributed by atoms with Gasteiger partial charge in [0, 0.05) is 5.56 Å². The maximum Gasteiger partial charge on any atom is 0.417 e. The number of halogens is 4. The van der Waals surface area contributed by atoms with Crippen LogP contribution in [0.1, 0.15) is 16.7 Å². The van der Waals surface area contributed by atoms with Crippen LogP contribution >= 0.6 is 0 Å². The van der Waals surface area contributed by atoms with E-state index in [9.17, 15) is 17.6 Å². The molecule has 0 saturated carbocycles. The Bertz CT molecular complexity index is 491. The third-order valence-electron chi connectivity index (χ3n) is 1.88. The van der Waals surface area contributed by atoms with E-state index in [2.05, 4.69) is 0 Å². The zero-order valence-electron chi connectivity index (χ0n) is 7.77. The second-order valence-corrected chi connectivity index (χ2v) is 2.93. The van der Waals surface area contributed by atoms with Crippen LogP contribution < -0.4 is 0 Å². The Labute approximate surface area is 88.3 Å². The molecule has 0 atom stereocenters. The average Bonchev–Trinajstić information content (AvgIpc) is 2.19. The monoisotopic (exact) mass is 228 g/mol. The minimum atomic E-state index is -4.73. The highest BCUT2D eigenvalue weighted by Crippen LogP contribution is 2.33. The summed E-state index contributed by atoms with van der Waals surface area (Å²) in [6, 6.07) is 3.81. The first-order chi connectivity index (χ1) is 7.40. The van der Waals surface area contributed by atoms with Crippen LogP contribution in [-0.2, 0) is 12.6 Å². The van der Waals surface area contributed by atoms with Gasteiger partial charge in [-0.05, 0) is 12.1 Å². The largest absolute Gasteiger partial charge is 0.417 e. The Kier molecular flexibility index (Phi) is 3.14. The Hall–Kier alpha value is -2.08. The lowest BCUT2D eigenvalue weighted by atomic mass is 10.0. The van der Waals surface area contributed by atoms with Crippen LogP contribution in [0.5, 0.6) is 0 Å². The fourth-order valence-electron chi connectivity index (χ4n) is 1.17. The second kappa shape index (κ2) is 4.19. The lowest BCUT2D eigenvalue weighted by molar-refractivity contribution is -0.137. The van der Waals surface area contributed by atoms with Crippen molar-refractivity contribution >= 4 is 0 Å². The van der Waals surface area contributed by atoms with Gasteiger partial charge in [-0.3, -0.25) is 0 Å². The van der Waals surface area contributed by atoms with E-state index in [-0.39, 0.29) is 5.56 Å². The van der Waals surface area contributed by atoms with Crippen LogP contribution in [0.2, 0.25) is 0 Å². The number of hydrogen-bond acceptors (Lipinski definition) is 2. The molecular formula is C10H4F4N2. The van der Waals surface area contributed by atoms with Gasteiger partial charge < -0.3 is 0 Å². The fraction of sp³-hybridized carbons (Fsp3) is 0.200. The summed E-state index contributed by atoms with van der Waals surface area (Å²) in [7, 11) is 0. The van der Waals surface area contributed by atoms with E-state index in [0.717, 1.165) is 0 Å². The van der Waals surface area contributed by atoms with Crippen molar-refractivity contribution in [1.82, 2.24) is 0 Å². The third kappa shape index (κ3) is 2.29. The smallest absolute Gasteiger partial charge is 0.207 e. The Balaban J connectivity index is 3.43. The maximum absolute atomic E-state index is 13.1. The summed E-state index contributed by atoms with van der Waals surface area (Å²) in [5.41, 5.74) is -2.37. The molecule has 82 valence electrons. The van der Waals surface area contributed by atoms with E-state index in [1.165, 1.54) is 6.07 Å². The lowest BCUT2D eigenvalue weighted by Crippen LogP contribution is -2.09. The molecule has 0 aromatic heterocycles. The molecule has 0 aliphatic carbocycles. The highest BCUT2D eigenvalue weighted by molar-refractivity contribution is 5.43. The predicted octanol–water partition coefficient (Wildman–Crippen LogP) is 2.78. The van der Waals surface area contributed by atoms with E-state index >= 15 is 0 Å². The quantitative estimate of drug-likeness (QED) is 0.694. The maximum atomic E-state index is 13.1. The summed E-state index contributed by atoms with van der Waals surface area (Å²) in [4.78, 5) is 0. The normalized spacial score (nSPS) is 10.6. The van der Waals surface area contributed by atoms with Crippen LogP contribution in [0.3, 0.4) is 0 Å². The van der Waals surface area contributed by atoms with Gasteiger partial charge in [0.25, 0.3) is 0 Å². The number of nitrogens with zero attached hydrogens (tertiary/aromatic N) is 2. The summed E-state index contributed by atoms with van der Waals surface area (Å²) in [6.45, 7) is 0. The van der Waals surface area contributed by atoms with Gasteiger partial charge in [-0.25, -0.2) is 4.39 Å². The van der Waals surface area contributed by atoms with Crippen LogP contribution in [0.15, 0.2) is 12.1 Å². The Morgan fingerprint density at radius 1 is 1.19 bits per heavy atom. The fourth-order valence-corrected chi connectivity index (χ4v) is 1.17. The molecule has 1 aromatic rings. The molecule has 0 saturated heterocycles. The molecule has 0 aliphatic heterocycles. The van der Waals surface area contributed by atoms with Gasteiger partial charge in [0.2, 0.25) is 0 Å². The molecule has 0 unspecified atom stereocenters. The molecule has 0 amide bonds. The number of benzene rings is 1. The van der Waals surface area contributed by atoms with Gasteiger partial charge in [0.15, 0.2) is 0 Å². The summed E-state index contributed by atoms with van der Waals surface area (Å²) in [6.07, 6.45) is -5.20. The van der Waals surface area contributed by atoms with E-state index in [1.807, 2.05) is 0 Å². The summed E-state index contributed by atoms with van der Waals surface area (Å²) in [5, 5.41) is 16.7. The van der Waals surface area contributed by atoms with Gasteiger partial charge in [0.1, 0.15) is 5.82 Å². The lowest BCUT2D eigenvalue weighted by Gasteiger charge is -2.10. The van der Waals surface area contributed by atoms with E-state index < -0.39 is 29.5 Å². The molecule has 0 fully saturated rings. The molecule has 0 spiro atoms. The van der Waals surface area contributed by atoms with Crippen molar-refractivity contribution in [3.8, 4) is 12.1 Å². The topological polar surface area (TPSA) is 47.6 Å². The van der Waals surface area contributed by atoms with Gasteiger partial charge >= 0.3 is 6.18 Å². The van der Waals surface area contributed by atoms with Crippen molar-refractivity contribution in [2.45, 2.75) is 12.6 Å². The molecule has 1 rings (SSSR count). The zero-order valence-corrected chi connectivity index (χ0v) is 7.77. The van der Waals surface area contributed by atoms with Crippen molar-refractivity contribution < 1.29 is 17.6 Å². The van der Waals surface area contributed by atoms with Crippen LogP contribution in [-0.4, -0.2) is 0 Å². The summed E-state index contributed by atoms with van der Waals surface area (Å²) < 4.78 is 50.4. The summed E-state index contributed by atoms with van der Waals surface area (Å²) >= 11 is 0. The minimum Gasteiger partial charge on any atom is -0.207 e. The van der Waals surface area contributed by atoms with Gasteiger partial charge in [-0.1, -0.05) is 0 Å². The molecule has 1 aromatic carbocycles. The first-order valence-electron chi connectivity index (χ1n) is 4.06. The van der Waals surface area contributed by atoms with Crippen LogP contribution in [0, 0.1) is 28.5 Å². The average molecular weight is 228 g/mol. The van der Waals surface area contributed by atoms with E-state index in [4.69, 9.17) is 10.5 Å². The number of alkyl halides is 3. The van der Waals surface area contributed by atoms with Crippen LogP contribution in [0.4, 0.5) is 17.6 Å². The van der Waals surface area contributed by atoms with Crippen molar-refractivity contribution in [2.24, 2.45) is 0 Å². The standard InChI is InChI=1S/C10H4F4N2/c11-9-4-7(5-16)8(10(12,13)14)3-6(9)1-2-15/h3-4H,1H2. The number of hydrogen-bond donors (Lipinski definition) is 0. The van der Waals surface area contributed by atoms with Crippen molar-refractivity contribution in [1.29, 1.82) is 10.5 Å². The molecule has 6 heteroatoms. The minimum absolute atomic E-state index is 0.367. The first-order valence-corrected chi connectivity index (χ1v) is 4.06. The first kappa shape index (κ1) is 12.0. The van der Waals surface area contributed by atoms with Crippen molar-refractivity contribution in [3.63, 3.8) is 0 Å². The SMILES string of the molecule is N#CCc1cc(C(F)(F)F)c(C#N)cc1F. The molecule has 0 heterocycles. The molecule has 0 radical (unpaired) electrons. The third-order valence-corrected chi connectivity index (χ3v) is 1.88. The Morgan fingerprint density at radius 3 is 2.25 bits per heavy atom. The highest BCUT2D eigenvalue weighted by atomic mass is 19.4. The van der Waals surface area contributed by atoms with E-state index in [0.29, 0.717) is 12.1 Å². The molecule has 16 heavy (non-hydrogen) atoms. The highest BCUT2D eigenvalue weighted by Gasteiger charge is 2.34. The Morgan fingerprint density at radius 2 is 1.81 bits per heavy atom. The number of nitriles is 2. The molecule has 0 bridgehead atoms. The molecule has 2 nitrogen and oxygen atoms in total. The molecule has 0 aliphatic rings. The van der Waals surface area contributed by atoms with E-state index in [1.54, 1.807) is 6.07 Å². The molecular weight excluding hydrogens is 224 g/mol. The number of rotatable bonds is 1. The molecule has 0 N–H and O–H groups in total. The second-order valence-electron chi connectivity index (χ2n) is 2.93. The van der Waals surface area contributed by atoms with Gasteiger partial charge in [0.05, 0.1) is 29.7 Å².